The first-order chi connectivity index (χ1) is 11.2. The Morgan fingerprint density at radius 2 is 1.65 bits per heavy atom. The summed E-state index contributed by atoms with van der Waals surface area (Å²) in [5, 5.41) is 0. The van der Waals surface area contributed by atoms with Crippen molar-refractivity contribution in [2.75, 3.05) is 13.7 Å². The summed E-state index contributed by atoms with van der Waals surface area (Å²) in [6.45, 7) is 1.94. The monoisotopic (exact) mass is 308 g/mol. The normalized spacial score (nSPS) is 13.0. The van der Waals surface area contributed by atoms with Gasteiger partial charge in [0.2, 0.25) is 5.78 Å². The molecule has 1 aliphatic carbocycles. The molecule has 0 unspecified atom stereocenters. The Hall–Kier alpha value is -2.88. The Kier molecular flexibility index (Phi) is 3.98. The van der Waals surface area contributed by atoms with Gasteiger partial charge in [0.05, 0.1) is 13.7 Å². The number of ketones is 1. The quantitative estimate of drug-likeness (QED) is 0.642. The smallest absolute Gasteiger partial charge is 0.342 e. The minimum Gasteiger partial charge on any atom is -0.497 e. The summed E-state index contributed by atoms with van der Waals surface area (Å²) in [6.07, 6.45) is 0. The highest BCUT2D eigenvalue weighted by Crippen LogP contribution is 2.38. The lowest BCUT2D eigenvalue weighted by molar-refractivity contribution is -0.137. The Balaban J connectivity index is 2.19. The maximum absolute atomic E-state index is 12.6. The highest BCUT2D eigenvalue weighted by Gasteiger charge is 2.35. The predicted octanol–water partition coefficient (Wildman–Crippen LogP) is 3.26. The molecule has 0 bridgehead atoms. The molecule has 2 aromatic carbocycles. The van der Waals surface area contributed by atoms with E-state index in [0.717, 1.165) is 11.1 Å². The van der Waals surface area contributed by atoms with Crippen LogP contribution in [0.3, 0.4) is 0 Å². The summed E-state index contributed by atoms with van der Waals surface area (Å²) in [4.78, 5) is 24.9. The zero-order chi connectivity index (χ0) is 16.4. The van der Waals surface area contributed by atoms with Crippen LogP contribution in [0, 0.1) is 0 Å². The number of methoxy groups -OCH3 is 1. The van der Waals surface area contributed by atoms with Gasteiger partial charge in [0.1, 0.15) is 11.3 Å². The van der Waals surface area contributed by atoms with E-state index in [1.165, 1.54) is 0 Å². The number of carbonyl (C=O) groups is 2. The second-order valence-corrected chi connectivity index (χ2v) is 5.07. The summed E-state index contributed by atoms with van der Waals surface area (Å²) in [5.41, 5.74) is 2.78. The third-order valence-electron chi connectivity index (χ3n) is 3.78. The summed E-state index contributed by atoms with van der Waals surface area (Å²) < 4.78 is 10.2. The molecule has 116 valence electrons. The molecule has 0 amide bonds. The SMILES string of the molecule is CCOC(=O)C1=C(c2ccc(OC)cc2)c2ccccc2C1=O. The van der Waals surface area contributed by atoms with Gasteiger partial charge in [-0.2, -0.15) is 0 Å². The first-order valence-electron chi connectivity index (χ1n) is 7.37. The Labute approximate surface area is 134 Å². The number of hydrogen-bond donors (Lipinski definition) is 0. The van der Waals surface area contributed by atoms with Crippen LogP contribution in [0.15, 0.2) is 54.1 Å². The molecule has 0 atom stereocenters. The minimum atomic E-state index is -0.584. The molecule has 0 spiro atoms. The number of rotatable bonds is 4. The van der Waals surface area contributed by atoms with Crippen LogP contribution < -0.4 is 4.74 Å². The largest absolute Gasteiger partial charge is 0.497 e. The maximum Gasteiger partial charge on any atom is 0.342 e. The van der Waals surface area contributed by atoms with Crippen LogP contribution in [0.25, 0.3) is 5.57 Å². The van der Waals surface area contributed by atoms with Crippen molar-refractivity contribution in [3.8, 4) is 5.75 Å². The lowest BCUT2D eigenvalue weighted by atomic mass is 9.97. The molecule has 0 saturated heterocycles. The second-order valence-electron chi connectivity index (χ2n) is 5.07. The second kappa shape index (κ2) is 6.08. The lowest BCUT2D eigenvalue weighted by Gasteiger charge is -2.08. The van der Waals surface area contributed by atoms with Crippen molar-refractivity contribution in [2.24, 2.45) is 0 Å². The Bertz CT molecular complexity index is 800. The molecule has 0 heterocycles. The summed E-state index contributed by atoms with van der Waals surface area (Å²) >= 11 is 0. The molecule has 0 fully saturated rings. The number of fused-ring (bicyclic) bond motifs is 1. The fourth-order valence-electron chi connectivity index (χ4n) is 2.74. The van der Waals surface area contributed by atoms with Gasteiger partial charge in [0.25, 0.3) is 0 Å². The molecule has 0 aliphatic heterocycles. The molecular formula is C19H16O4. The Morgan fingerprint density at radius 1 is 1.00 bits per heavy atom. The van der Waals surface area contributed by atoms with E-state index < -0.39 is 5.97 Å². The lowest BCUT2D eigenvalue weighted by Crippen LogP contribution is -2.14. The fraction of sp³-hybridized carbons (Fsp3) is 0.158. The number of Topliss-reactive ketones (excluding diaryl/α,β-unsaturated/α-hetero) is 1. The number of benzene rings is 2. The van der Waals surface area contributed by atoms with Gasteiger partial charge in [-0.15, -0.1) is 0 Å². The number of carbonyl (C=O) groups excluding carboxylic acids is 2. The van der Waals surface area contributed by atoms with Gasteiger partial charge in [-0.1, -0.05) is 36.4 Å². The van der Waals surface area contributed by atoms with Crippen LogP contribution in [0.5, 0.6) is 5.75 Å². The first kappa shape index (κ1) is 15.0. The molecule has 2 aromatic rings. The van der Waals surface area contributed by atoms with E-state index in [-0.39, 0.29) is 18.0 Å². The van der Waals surface area contributed by atoms with Gasteiger partial charge in [-0.3, -0.25) is 4.79 Å². The number of hydrogen-bond acceptors (Lipinski definition) is 4. The Morgan fingerprint density at radius 3 is 2.26 bits per heavy atom. The van der Waals surface area contributed by atoms with E-state index >= 15 is 0 Å². The predicted molar refractivity (Wildman–Crippen MR) is 86.4 cm³/mol. The third-order valence-corrected chi connectivity index (χ3v) is 3.78. The fourth-order valence-corrected chi connectivity index (χ4v) is 2.74. The van der Waals surface area contributed by atoms with Crippen LogP contribution in [0.2, 0.25) is 0 Å². The molecule has 4 heteroatoms. The van der Waals surface area contributed by atoms with Gasteiger partial charge in [-0.25, -0.2) is 4.79 Å². The molecule has 23 heavy (non-hydrogen) atoms. The van der Waals surface area contributed by atoms with E-state index in [9.17, 15) is 9.59 Å². The van der Waals surface area contributed by atoms with Gasteiger partial charge < -0.3 is 9.47 Å². The van der Waals surface area contributed by atoms with Gasteiger partial charge in [0.15, 0.2) is 0 Å². The van der Waals surface area contributed by atoms with Gasteiger partial charge in [0, 0.05) is 11.1 Å². The first-order valence-corrected chi connectivity index (χ1v) is 7.37. The van der Waals surface area contributed by atoms with Crippen LogP contribution >= 0.6 is 0 Å². The number of esters is 1. The maximum atomic E-state index is 12.6. The molecule has 4 nitrogen and oxygen atoms in total. The van der Waals surface area contributed by atoms with Gasteiger partial charge >= 0.3 is 5.97 Å². The summed E-state index contributed by atoms with van der Waals surface area (Å²) in [5.74, 6) is -0.158. The highest BCUT2D eigenvalue weighted by atomic mass is 16.5. The average molecular weight is 308 g/mol. The zero-order valence-electron chi connectivity index (χ0n) is 13.0. The summed E-state index contributed by atoms with van der Waals surface area (Å²) in [6, 6.07) is 14.5. The van der Waals surface area contributed by atoms with Crippen molar-refractivity contribution in [3.63, 3.8) is 0 Å². The van der Waals surface area contributed by atoms with E-state index in [0.29, 0.717) is 16.9 Å². The molecule has 0 saturated carbocycles. The van der Waals surface area contributed by atoms with Crippen LogP contribution in [-0.2, 0) is 9.53 Å². The molecule has 0 N–H and O–H groups in total. The van der Waals surface area contributed by atoms with E-state index in [4.69, 9.17) is 9.47 Å². The van der Waals surface area contributed by atoms with Gasteiger partial charge in [-0.05, 0) is 30.2 Å². The molecule has 0 aromatic heterocycles. The van der Waals surface area contributed by atoms with E-state index in [1.807, 2.05) is 24.3 Å². The minimum absolute atomic E-state index is 0.0956. The molecular weight excluding hydrogens is 292 g/mol. The van der Waals surface area contributed by atoms with E-state index in [1.54, 1.807) is 38.3 Å². The molecule has 3 rings (SSSR count). The standard InChI is InChI=1S/C19H16O4/c1-3-23-19(21)17-16(12-8-10-13(22-2)11-9-12)14-6-4-5-7-15(14)18(17)20/h4-11H,3H2,1-2H3. The average Bonchev–Trinajstić information content (AvgIpc) is 2.88. The third kappa shape index (κ3) is 2.52. The summed E-state index contributed by atoms with van der Waals surface area (Å²) in [7, 11) is 1.59. The van der Waals surface area contributed by atoms with Crippen LogP contribution in [0.4, 0.5) is 0 Å². The van der Waals surface area contributed by atoms with Crippen molar-refractivity contribution in [1.29, 1.82) is 0 Å². The van der Waals surface area contributed by atoms with Crippen molar-refractivity contribution in [3.05, 3.63) is 70.8 Å². The molecule has 0 radical (unpaired) electrons. The highest BCUT2D eigenvalue weighted by molar-refractivity contribution is 6.35. The van der Waals surface area contributed by atoms with E-state index in [2.05, 4.69) is 0 Å². The van der Waals surface area contributed by atoms with Crippen LogP contribution in [0.1, 0.15) is 28.4 Å². The van der Waals surface area contributed by atoms with Crippen molar-refractivity contribution < 1.29 is 19.1 Å². The molecule has 1 aliphatic rings. The van der Waals surface area contributed by atoms with Crippen LogP contribution in [-0.4, -0.2) is 25.5 Å². The van der Waals surface area contributed by atoms with Crippen molar-refractivity contribution >= 4 is 17.3 Å². The number of ether oxygens (including phenoxy) is 2. The van der Waals surface area contributed by atoms with Crippen molar-refractivity contribution in [1.82, 2.24) is 0 Å². The van der Waals surface area contributed by atoms with Crippen molar-refractivity contribution in [2.45, 2.75) is 6.92 Å². The topological polar surface area (TPSA) is 52.6 Å². The zero-order valence-corrected chi connectivity index (χ0v) is 13.0.